The summed E-state index contributed by atoms with van der Waals surface area (Å²) in [7, 11) is 0. The van der Waals surface area contributed by atoms with Crippen LogP contribution in [-0.4, -0.2) is 35.1 Å². The van der Waals surface area contributed by atoms with Crippen molar-refractivity contribution in [2.75, 3.05) is 12.3 Å². The number of aromatic nitrogens is 1. The second-order valence-electron chi connectivity index (χ2n) is 4.83. The van der Waals surface area contributed by atoms with Gasteiger partial charge in [0.2, 0.25) is 11.8 Å². The molecule has 0 spiro atoms. The van der Waals surface area contributed by atoms with Crippen molar-refractivity contribution < 1.29 is 9.59 Å². The molecular weight excluding hydrogens is 286 g/mol. The van der Waals surface area contributed by atoms with Crippen molar-refractivity contribution in [3.8, 4) is 0 Å². The first-order valence-corrected chi connectivity index (χ1v) is 7.45. The van der Waals surface area contributed by atoms with Gasteiger partial charge in [0.15, 0.2) is 0 Å². The zero-order chi connectivity index (χ0) is 15.2. The molecule has 0 saturated heterocycles. The summed E-state index contributed by atoms with van der Waals surface area (Å²) >= 11 is 4.06. The number of aromatic amines is 1. The van der Waals surface area contributed by atoms with E-state index in [1.54, 1.807) is 0 Å². The number of benzene rings is 1. The highest BCUT2D eigenvalue weighted by molar-refractivity contribution is 7.80. The van der Waals surface area contributed by atoms with Crippen molar-refractivity contribution in [3.63, 3.8) is 0 Å². The van der Waals surface area contributed by atoms with Crippen LogP contribution in [0.25, 0.3) is 10.9 Å². The van der Waals surface area contributed by atoms with Crippen molar-refractivity contribution in [3.05, 3.63) is 36.0 Å². The predicted molar refractivity (Wildman–Crippen MR) is 86.5 cm³/mol. The van der Waals surface area contributed by atoms with Gasteiger partial charge < -0.3 is 15.6 Å². The molecule has 5 nitrogen and oxygen atoms in total. The van der Waals surface area contributed by atoms with E-state index in [0.717, 1.165) is 16.5 Å². The summed E-state index contributed by atoms with van der Waals surface area (Å²) in [5.74, 6) is 0.149. The zero-order valence-corrected chi connectivity index (χ0v) is 12.7. The van der Waals surface area contributed by atoms with Gasteiger partial charge in [0, 0.05) is 42.7 Å². The molecule has 2 aromatic rings. The minimum atomic E-state index is -0.582. The van der Waals surface area contributed by atoms with Crippen LogP contribution in [0.2, 0.25) is 0 Å². The van der Waals surface area contributed by atoms with Gasteiger partial charge in [0.05, 0.1) is 0 Å². The van der Waals surface area contributed by atoms with E-state index in [-0.39, 0.29) is 11.8 Å². The van der Waals surface area contributed by atoms with Crippen LogP contribution >= 0.6 is 12.6 Å². The Morgan fingerprint density at radius 1 is 1.33 bits per heavy atom. The molecule has 0 saturated carbocycles. The predicted octanol–water partition coefficient (Wildman–Crippen LogP) is 1.26. The maximum atomic E-state index is 12.1. The van der Waals surface area contributed by atoms with E-state index in [1.165, 1.54) is 6.92 Å². The number of thiol groups is 1. The molecule has 6 heteroatoms. The van der Waals surface area contributed by atoms with Crippen LogP contribution in [0.1, 0.15) is 12.5 Å². The first-order valence-electron chi connectivity index (χ1n) is 6.82. The molecule has 1 aromatic carbocycles. The zero-order valence-electron chi connectivity index (χ0n) is 11.8. The lowest BCUT2D eigenvalue weighted by atomic mass is 10.0. The van der Waals surface area contributed by atoms with Gasteiger partial charge in [0.1, 0.15) is 6.04 Å². The van der Waals surface area contributed by atoms with Gasteiger partial charge in [-0.05, 0) is 11.6 Å². The number of fused-ring (bicyclic) bond motifs is 1. The molecule has 1 heterocycles. The summed E-state index contributed by atoms with van der Waals surface area (Å²) in [6.07, 6.45) is 2.33. The second kappa shape index (κ2) is 7.17. The van der Waals surface area contributed by atoms with E-state index in [4.69, 9.17) is 0 Å². The van der Waals surface area contributed by atoms with Crippen LogP contribution in [0.3, 0.4) is 0 Å². The average molecular weight is 305 g/mol. The number of hydrogen-bond acceptors (Lipinski definition) is 3. The number of carbonyl (C=O) groups is 2. The molecule has 2 amide bonds. The van der Waals surface area contributed by atoms with E-state index >= 15 is 0 Å². The van der Waals surface area contributed by atoms with E-state index < -0.39 is 6.04 Å². The number of amides is 2. The SMILES string of the molecule is CC(=O)N[C@@H](Cc1c[nH]c2ccccc12)C(=O)NCCS. The molecule has 0 unspecified atom stereocenters. The summed E-state index contributed by atoms with van der Waals surface area (Å²) in [6, 6.07) is 7.30. The molecule has 112 valence electrons. The number of carbonyl (C=O) groups excluding carboxylic acids is 2. The standard InChI is InChI=1S/C15H19N3O2S/c1-10(19)18-14(15(20)16-6-7-21)8-11-9-17-13-5-3-2-4-12(11)13/h2-5,9,14,17,21H,6-8H2,1H3,(H,16,20)(H,18,19)/t14-/m0/s1. The second-order valence-corrected chi connectivity index (χ2v) is 5.28. The number of H-pyrrole nitrogens is 1. The molecule has 3 N–H and O–H groups in total. The van der Waals surface area contributed by atoms with Crippen molar-refractivity contribution >= 4 is 35.3 Å². The quantitative estimate of drug-likeness (QED) is 0.607. The smallest absolute Gasteiger partial charge is 0.242 e. The summed E-state index contributed by atoms with van der Waals surface area (Å²) in [4.78, 5) is 26.6. The van der Waals surface area contributed by atoms with Crippen molar-refractivity contribution in [2.45, 2.75) is 19.4 Å². The van der Waals surface area contributed by atoms with Crippen molar-refractivity contribution in [1.29, 1.82) is 0 Å². The summed E-state index contributed by atoms with van der Waals surface area (Å²) in [6.45, 7) is 1.89. The van der Waals surface area contributed by atoms with Crippen LogP contribution < -0.4 is 10.6 Å². The number of hydrogen-bond donors (Lipinski definition) is 4. The van der Waals surface area contributed by atoms with E-state index in [1.807, 2.05) is 30.5 Å². The van der Waals surface area contributed by atoms with Gasteiger partial charge in [-0.3, -0.25) is 9.59 Å². The maximum absolute atomic E-state index is 12.1. The van der Waals surface area contributed by atoms with Gasteiger partial charge >= 0.3 is 0 Å². The molecule has 1 aromatic heterocycles. The highest BCUT2D eigenvalue weighted by Crippen LogP contribution is 2.19. The van der Waals surface area contributed by atoms with Crippen molar-refractivity contribution in [2.24, 2.45) is 0 Å². The summed E-state index contributed by atoms with van der Waals surface area (Å²) < 4.78 is 0. The van der Waals surface area contributed by atoms with Gasteiger partial charge in [-0.25, -0.2) is 0 Å². The van der Waals surface area contributed by atoms with Gasteiger partial charge in [-0.1, -0.05) is 18.2 Å². The largest absolute Gasteiger partial charge is 0.361 e. The summed E-state index contributed by atoms with van der Waals surface area (Å²) in [5.41, 5.74) is 2.02. The van der Waals surface area contributed by atoms with E-state index in [9.17, 15) is 9.59 Å². The molecule has 2 rings (SSSR count). The van der Waals surface area contributed by atoms with Gasteiger partial charge in [0.25, 0.3) is 0 Å². The first-order chi connectivity index (χ1) is 10.1. The highest BCUT2D eigenvalue weighted by Gasteiger charge is 2.20. The normalized spacial score (nSPS) is 12.1. The van der Waals surface area contributed by atoms with Gasteiger partial charge in [-0.2, -0.15) is 12.6 Å². The first kappa shape index (κ1) is 15.4. The average Bonchev–Trinajstić information content (AvgIpc) is 2.87. The monoisotopic (exact) mass is 305 g/mol. The van der Waals surface area contributed by atoms with Crippen LogP contribution in [0.5, 0.6) is 0 Å². The maximum Gasteiger partial charge on any atom is 0.242 e. The fourth-order valence-corrected chi connectivity index (χ4v) is 2.39. The summed E-state index contributed by atoms with van der Waals surface area (Å²) in [5, 5.41) is 6.52. The van der Waals surface area contributed by atoms with E-state index in [2.05, 4.69) is 28.2 Å². The third-order valence-corrected chi connectivity index (χ3v) is 3.43. The topological polar surface area (TPSA) is 74.0 Å². The lowest BCUT2D eigenvalue weighted by Crippen LogP contribution is -2.47. The van der Waals surface area contributed by atoms with Crippen LogP contribution in [0, 0.1) is 0 Å². The third kappa shape index (κ3) is 4.01. The molecular formula is C15H19N3O2S. The molecule has 0 bridgehead atoms. The highest BCUT2D eigenvalue weighted by atomic mass is 32.1. The molecule has 1 atom stereocenters. The fraction of sp³-hybridized carbons (Fsp3) is 0.333. The van der Waals surface area contributed by atoms with Gasteiger partial charge in [-0.15, -0.1) is 0 Å². The number of rotatable bonds is 6. The Bertz CT molecular complexity index is 639. The van der Waals surface area contributed by atoms with Crippen LogP contribution in [-0.2, 0) is 16.0 Å². The minimum Gasteiger partial charge on any atom is -0.361 e. The third-order valence-electron chi connectivity index (χ3n) is 3.20. The molecule has 0 aliphatic rings. The Balaban J connectivity index is 2.17. The molecule has 0 aliphatic carbocycles. The number of nitrogens with one attached hydrogen (secondary N) is 3. The number of para-hydroxylation sites is 1. The van der Waals surface area contributed by atoms with Crippen molar-refractivity contribution in [1.82, 2.24) is 15.6 Å². The Hall–Kier alpha value is -1.95. The Morgan fingerprint density at radius 2 is 2.10 bits per heavy atom. The van der Waals surface area contributed by atoms with Crippen LogP contribution in [0.15, 0.2) is 30.5 Å². The molecule has 0 aliphatic heterocycles. The van der Waals surface area contributed by atoms with Crippen LogP contribution in [0.4, 0.5) is 0 Å². The molecule has 21 heavy (non-hydrogen) atoms. The fourth-order valence-electron chi connectivity index (χ4n) is 2.28. The Labute approximate surface area is 128 Å². The van der Waals surface area contributed by atoms with E-state index in [0.29, 0.717) is 18.7 Å². The Morgan fingerprint density at radius 3 is 2.81 bits per heavy atom. The molecule has 0 radical (unpaired) electrons. The Kier molecular flexibility index (Phi) is 5.27. The lowest BCUT2D eigenvalue weighted by Gasteiger charge is -2.17. The molecule has 0 fully saturated rings. The minimum absolute atomic E-state index is 0.190. The lowest BCUT2D eigenvalue weighted by molar-refractivity contribution is -0.127.